The Morgan fingerprint density at radius 1 is 1.64 bits per heavy atom. The van der Waals surface area contributed by atoms with Crippen LogP contribution < -0.4 is 11.1 Å². The lowest BCUT2D eigenvalue weighted by Crippen LogP contribution is -2.42. The van der Waals surface area contributed by atoms with E-state index in [1.807, 2.05) is 13.8 Å². The van der Waals surface area contributed by atoms with Crippen molar-refractivity contribution in [3.8, 4) is 0 Å². The van der Waals surface area contributed by atoms with E-state index in [0.29, 0.717) is 6.54 Å². The number of nitrogens with two attached hydrogens (primary N) is 1. The molecule has 1 heterocycles. The van der Waals surface area contributed by atoms with Crippen LogP contribution in [0.3, 0.4) is 0 Å². The lowest BCUT2D eigenvalue weighted by Gasteiger charge is -2.28. The molecule has 1 fully saturated rings. The van der Waals surface area contributed by atoms with Crippen LogP contribution in [0.2, 0.25) is 0 Å². The molecule has 1 aliphatic rings. The molecule has 1 aliphatic heterocycles. The molecule has 4 nitrogen and oxygen atoms in total. The predicted molar refractivity (Wildman–Crippen MR) is 54.8 cm³/mol. The first-order valence-electron chi connectivity index (χ1n) is 5.19. The molecule has 0 aromatic carbocycles. The highest BCUT2D eigenvalue weighted by Gasteiger charge is 2.28. The van der Waals surface area contributed by atoms with E-state index in [0.717, 1.165) is 25.9 Å². The van der Waals surface area contributed by atoms with Crippen molar-refractivity contribution < 1.29 is 9.53 Å². The molecule has 3 N–H and O–H groups in total. The largest absolute Gasteiger partial charge is 0.458 e. The number of nitrogens with one attached hydrogen (secondary N) is 1. The van der Waals surface area contributed by atoms with Crippen molar-refractivity contribution >= 4 is 5.97 Å². The molecule has 1 atom stereocenters. The van der Waals surface area contributed by atoms with Crippen LogP contribution in [-0.2, 0) is 9.53 Å². The average Bonchev–Trinajstić information content (AvgIpc) is 2.19. The maximum atomic E-state index is 11.7. The van der Waals surface area contributed by atoms with Gasteiger partial charge in [0.1, 0.15) is 5.60 Å². The van der Waals surface area contributed by atoms with Gasteiger partial charge in [-0.3, -0.25) is 4.79 Å². The van der Waals surface area contributed by atoms with Crippen molar-refractivity contribution in [2.24, 2.45) is 11.7 Å². The first kappa shape index (κ1) is 11.5. The minimum absolute atomic E-state index is 0.00887. The van der Waals surface area contributed by atoms with E-state index in [-0.39, 0.29) is 11.9 Å². The van der Waals surface area contributed by atoms with Crippen molar-refractivity contribution in [1.82, 2.24) is 5.32 Å². The fourth-order valence-corrected chi connectivity index (χ4v) is 1.45. The summed E-state index contributed by atoms with van der Waals surface area (Å²) in [5.74, 6) is -0.109. The normalized spacial score (nSPS) is 23.2. The molecule has 0 saturated carbocycles. The van der Waals surface area contributed by atoms with E-state index < -0.39 is 5.60 Å². The molecule has 0 aliphatic carbocycles. The standard InChI is InChI=1S/C10H20N2O2/c1-10(2,7-11)14-9(13)8-4-3-5-12-6-8/h8,12H,3-7,11H2,1-2H3. The molecular formula is C10H20N2O2. The molecule has 0 amide bonds. The Morgan fingerprint density at radius 3 is 2.86 bits per heavy atom. The second-order valence-electron chi connectivity index (χ2n) is 4.43. The van der Waals surface area contributed by atoms with Gasteiger partial charge in [0, 0.05) is 13.1 Å². The molecule has 0 spiro atoms. The Balaban J connectivity index is 2.40. The summed E-state index contributed by atoms with van der Waals surface area (Å²) in [5.41, 5.74) is 4.96. The van der Waals surface area contributed by atoms with Gasteiger partial charge in [0.2, 0.25) is 0 Å². The van der Waals surface area contributed by atoms with Gasteiger partial charge in [-0.05, 0) is 33.2 Å². The summed E-state index contributed by atoms with van der Waals surface area (Å²) in [7, 11) is 0. The van der Waals surface area contributed by atoms with E-state index in [1.54, 1.807) is 0 Å². The molecule has 1 rings (SSSR count). The zero-order valence-electron chi connectivity index (χ0n) is 9.01. The molecule has 0 radical (unpaired) electrons. The fraction of sp³-hybridized carbons (Fsp3) is 0.900. The number of esters is 1. The lowest BCUT2D eigenvalue weighted by molar-refractivity contribution is -0.161. The summed E-state index contributed by atoms with van der Waals surface area (Å²) in [6.07, 6.45) is 1.97. The molecule has 14 heavy (non-hydrogen) atoms. The SMILES string of the molecule is CC(C)(CN)OC(=O)C1CCCNC1. The molecule has 1 saturated heterocycles. The van der Waals surface area contributed by atoms with E-state index in [9.17, 15) is 4.79 Å². The van der Waals surface area contributed by atoms with Gasteiger partial charge in [-0.25, -0.2) is 0 Å². The van der Waals surface area contributed by atoms with Crippen LogP contribution in [-0.4, -0.2) is 31.2 Å². The second kappa shape index (κ2) is 4.75. The monoisotopic (exact) mass is 200 g/mol. The number of piperidine rings is 1. The summed E-state index contributed by atoms with van der Waals surface area (Å²) in [5, 5.41) is 3.19. The van der Waals surface area contributed by atoms with Crippen molar-refractivity contribution in [3.63, 3.8) is 0 Å². The van der Waals surface area contributed by atoms with Crippen molar-refractivity contribution in [3.05, 3.63) is 0 Å². The molecule has 1 unspecified atom stereocenters. The van der Waals surface area contributed by atoms with Crippen LogP contribution in [0.15, 0.2) is 0 Å². The molecule has 0 aromatic rings. The Bertz CT molecular complexity index is 198. The van der Waals surface area contributed by atoms with Crippen molar-refractivity contribution in [2.45, 2.75) is 32.3 Å². The summed E-state index contributed by atoms with van der Waals surface area (Å²) >= 11 is 0. The first-order chi connectivity index (χ1) is 6.55. The quantitative estimate of drug-likeness (QED) is 0.642. The van der Waals surface area contributed by atoms with Gasteiger partial charge in [-0.2, -0.15) is 0 Å². The molecule has 0 aromatic heterocycles. The Hall–Kier alpha value is -0.610. The Kier molecular flexibility index (Phi) is 3.89. The average molecular weight is 200 g/mol. The van der Waals surface area contributed by atoms with Gasteiger partial charge in [0.15, 0.2) is 0 Å². The van der Waals surface area contributed by atoms with Gasteiger partial charge in [0.25, 0.3) is 0 Å². The number of carbonyl (C=O) groups is 1. The van der Waals surface area contributed by atoms with E-state index in [1.165, 1.54) is 0 Å². The lowest BCUT2D eigenvalue weighted by atomic mass is 9.99. The summed E-state index contributed by atoms with van der Waals surface area (Å²) in [4.78, 5) is 11.7. The summed E-state index contributed by atoms with van der Waals surface area (Å²) in [6.45, 7) is 5.77. The topological polar surface area (TPSA) is 64.3 Å². The third-order valence-electron chi connectivity index (χ3n) is 2.50. The van der Waals surface area contributed by atoms with Crippen LogP contribution in [0.1, 0.15) is 26.7 Å². The first-order valence-corrected chi connectivity index (χ1v) is 5.19. The van der Waals surface area contributed by atoms with Gasteiger partial charge in [0.05, 0.1) is 5.92 Å². The van der Waals surface area contributed by atoms with E-state index in [4.69, 9.17) is 10.5 Å². The number of hydrogen-bond donors (Lipinski definition) is 2. The predicted octanol–water partition coefficient (Wildman–Crippen LogP) is 0.267. The maximum absolute atomic E-state index is 11.7. The van der Waals surface area contributed by atoms with Crippen molar-refractivity contribution in [2.75, 3.05) is 19.6 Å². The van der Waals surface area contributed by atoms with Gasteiger partial charge in [-0.15, -0.1) is 0 Å². The number of ether oxygens (including phenoxy) is 1. The van der Waals surface area contributed by atoms with Gasteiger partial charge in [-0.1, -0.05) is 0 Å². The second-order valence-corrected chi connectivity index (χ2v) is 4.43. The highest BCUT2D eigenvalue weighted by molar-refractivity contribution is 5.73. The smallest absolute Gasteiger partial charge is 0.310 e. The Labute approximate surface area is 85.2 Å². The fourth-order valence-electron chi connectivity index (χ4n) is 1.45. The van der Waals surface area contributed by atoms with E-state index in [2.05, 4.69) is 5.32 Å². The van der Waals surface area contributed by atoms with Crippen LogP contribution in [0.25, 0.3) is 0 Å². The zero-order valence-corrected chi connectivity index (χ0v) is 9.01. The number of rotatable bonds is 3. The zero-order chi connectivity index (χ0) is 10.6. The van der Waals surface area contributed by atoms with Crippen LogP contribution >= 0.6 is 0 Å². The molecule has 82 valence electrons. The van der Waals surface area contributed by atoms with Gasteiger partial charge < -0.3 is 15.8 Å². The number of hydrogen-bond acceptors (Lipinski definition) is 4. The maximum Gasteiger partial charge on any atom is 0.310 e. The molecular weight excluding hydrogens is 180 g/mol. The molecule has 4 heteroatoms. The Morgan fingerprint density at radius 2 is 2.36 bits per heavy atom. The van der Waals surface area contributed by atoms with E-state index >= 15 is 0 Å². The van der Waals surface area contributed by atoms with Crippen LogP contribution in [0.4, 0.5) is 0 Å². The highest BCUT2D eigenvalue weighted by atomic mass is 16.6. The number of carbonyl (C=O) groups excluding carboxylic acids is 1. The minimum Gasteiger partial charge on any atom is -0.458 e. The van der Waals surface area contributed by atoms with Crippen LogP contribution in [0, 0.1) is 5.92 Å². The van der Waals surface area contributed by atoms with Crippen LogP contribution in [0.5, 0.6) is 0 Å². The third-order valence-corrected chi connectivity index (χ3v) is 2.50. The summed E-state index contributed by atoms with van der Waals surface area (Å²) < 4.78 is 5.32. The van der Waals surface area contributed by atoms with Gasteiger partial charge >= 0.3 is 5.97 Å². The minimum atomic E-state index is -0.533. The third kappa shape index (κ3) is 3.27. The highest BCUT2D eigenvalue weighted by Crippen LogP contribution is 2.16. The molecule has 0 bridgehead atoms. The summed E-state index contributed by atoms with van der Waals surface area (Å²) in [6, 6.07) is 0. The van der Waals surface area contributed by atoms with Crippen molar-refractivity contribution in [1.29, 1.82) is 0 Å².